The molecule has 0 amide bonds. The van der Waals surface area contributed by atoms with Crippen molar-refractivity contribution in [2.45, 2.75) is 39.5 Å². The maximum Gasteiger partial charge on any atom is 0.313 e. The molecule has 0 bridgehead atoms. The van der Waals surface area contributed by atoms with Crippen LogP contribution in [0.5, 0.6) is 0 Å². The van der Waals surface area contributed by atoms with Gasteiger partial charge < -0.3 is 4.74 Å². The van der Waals surface area contributed by atoms with E-state index < -0.39 is 11.4 Å². The van der Waals surface area contributed by atoms with Crippen LogP contribution in [-0.2, 0) is 19.7 Å². The van der Waals surface area contributed by atoms with E-state index in [-0.39, 0.29) is 12.2 Å². The minimum absolute atomic E-state index is 0.174. The normalized spacial score (nSPS) is 10.2. The van der Waals surface area contributed by atoms with E-state index in [0.29, 0.717) is 5.02 Å². The Morgan fingerprint density at radius 2 is 1.63 bits per heavy atom. The van der Waals surface area contributed by atoms with E-state index in [1.165, 1.54) is 7.11 Å². The van der Waals surface area contributed by atoms with E-state index >= 15 is 0 Å². The molecule has 1 aromatic carbocycles. The number of carbonyl (C=O) groups is 2. The van der Waals surface area contributed by atoms with Crippen LogP contribution in [-0.4, -0.2) is 18.9 Å². The molecule has 0 aromatic heterocycles. The van der Waals surface area contributed by atoms with Crippen LogP contribution in [0.3, 0.4) is 0 Å². The van der Waals surface area contributed by atoms with Crippen molar-refractivity contribution in [3.63, 3.8) is 0 Å². The summed E-state index contributed by atoms with van der Waals surface area (Å²) in [4.78, 5) is 23.1. The zero-order valence-corrected chi connectivity index (χ0v) is 12.9. The molecule has 0 unspecified atom stereocenters. The highest BCUT2D eigenvalue weighted by molar-refractivity contribution is 6.30. The Morgan fingerprint density at radius 3 is 2.05 bits per heavy atom. The second-order valence-corrected chi connectivity index (χ2v) is 4.74. The van der Waals surface area contributed by atoms with Crippen molar-refractivity contribution in [3.8, 4) is 0 Å². The number of methoxy groups -OCH3 is 1. The Balaban J connectivity index is 0.00000154. The van der Waals surface area contributed by atoms with Gasteiger partial charge in [-0.15, -0.1) is 0 Å². The summed E-state index contributed by atoms with van der Waals surface area (Å²) in [5, 5.41) is 0.616. The molecule has 106 valence electrons. The summed E-state index contributed by atoms with van der Waals surface area (Å²) in [7, 11) is 1.27. The molecule has 0 fully saturated rings. The van der Waals surface area contributed by atoms with Crippen LogP contribution in [0.4, 0.5) is 0 Å². The zero-order chi connectivity index (χ0) is 15.1. The van der Waals surface area contributed by atoms with Gasteiger partial charge in [-0.3, -0.25) is 9.59 Å². The van der Waals surface area contributed by atoms with Crippen LogP contribution in [0.25, 0.3) is 0 Å². The van der Waals surface area contributed by atoms with Crippen molar-refractivity contribution in [1.29, 1.82) is 0 Å². The number of ketones is 1. The second-order valence-electron chi connectivity index (χ2n) is 4.31. The van der Waals surface area contributed by atoms with Gasteiger partial charge in [-0.05, 0) is 31.5 Å². The predicted molar refractivity (Wildman–Crippen MR) is 77.5 cm³/mol. The maximum atomic E-state index is 12.0. The number of halogens is 1. The Labute approximate surface area is 119 Å². The van der Waals surface area contributed by atoms with Gasteiger partial charge in [0.1, 0.15) is 6.42 Å². The van der Waals surface area contributed by atoms with E-state index in [9.17, 15) is 9.59 Å². The monoisotopic (exact) mass is 284 g/mol. The van der Waals surface area contributed by atoms with Gasteiger partial charge in [0.15, 0.2) is 5.78 Å². The summed E-state index contributed by atoms with van der Waals surface area (Å²) in [5.41, 5.74) is 0.106. The molecule has 0 aliphatic rings. The maximum absolute atomic E-state index is 12.0. The van der Waals surface area contributed by atoms with Crippen molar-refractivity contribution in [3.05, 3.63) is 34.9 Å². The summed E-state index contributed by atoms with van der Waals surface area (Å²) >= 11 is 5.79. The fourth-order valence-corrected chi connectivity index (χ4v) is 1.58. The standard InChI is InChI=1S/C13H15ClO3.C2H6/c1-13(2,11(15)8-12(16)17-3)9-4-6-10(14)7-5-9;1-2/h4-7H,8H2,1-3H3;1-2H3. The van der Waals surface area contributed by atoms with Crippen molar-refractivity contribution < 1.29 is 14.3 Å². The molecule has 0 aliphatic carbocycles. The van der Waals surface area contributed by atoms with E-state index in [2.05, 4.69) is 4.74 Å². The minimum Gasteiger partial charge on any atom is -0.469 e. The van der Waals surface area contributed by atoms with E-state index in [1.807, 2.05) is 13.8 Å². The van der Waals surface area contributed by atoms with Crippen LogP contribution < -0.4 is 0 Å². The number of hydrogen-bond acceptors (Lipinski definition) is 3. The lowest BCUT2D eigenvalue weighted by molar-refractivity contribution is -0.144. The van der Waals surface area contributed by atoms with E-state index in [4.69, 9.17) is 11.6 Å². The fourth-order valence-electron chi connectivity index (χ4n) is 1.45. The van der Waals surface area contributed by atoms with Crippen molar-refractivity contribution >= 4 is 23.4 Å². The number of esters is 1. The summed E-state index contributed by atoms with van der Waals surface area (Å²) in [5.74, 6) is -0.691. The number of carbonyl (C=O) groups excluding carboxylic acids is 2. The van der Waals surface area contributed by atoms with Crippen LogP contribution in [0.15, 0.2) is 24.3 Å². The third kappa shape index (κ3) is 5.03. The lowest BCUT2D eigenvalue weighted by Crippen LogP contribution is -2.31. The third-order valence-electron chi connectivity index (χ3n) is 2.80. The number of rotatable bonds is 4. The molecule has 0 spiro atoms. The lowest BCUT2D eigenvalue weighted by Gasteiger charge is -2.23. The molecule has 3 nitrogen and oxygen atoms in total. The van der Waals surface area contributed by atoms with Gasteiger partial charge >= 0.3 is 5.97 Å². The van der Waals surface area contributed by atoms with Crippen LogP contribution in [0.1, 0.15) is 39.7 Å². The first-order valence-electron chi connectivity index (χ1n) is 6.24. The van der Waals surface area contributed by atoms with Crippen molar-refractivity contribution in [1.82, 2.24) is 0 Å². The lowest BCUT2D eigenvalue weighted by atomic mass is 9.79. The van der Waals surface area contributed by atoms with Crippen LogP contribution in [0, 0.1) is 0 Å². The van der Waals surface area contributed by atoms with E-state index in [0.717, 1.165) is 5.56 Å². The first-order chi connectivity index (χ1) is 8.87. The summed E-state index contributed by atoms with van der Waals surface area (Å²) < 4.78 is 4.49. The molecule has 0 radical (unpaired) electrons. The second kappa shape index (κ2) is 7.95. The van der Waals surface area contributed by atoms with Gasteiger partial charge in [-0.25, -0.2) is 0 Å². The number of benzene rings is 1. The average Bonchev–Trinajstić information content (AvgIpc) is 2.41. The predicted octanol–water partition coefficient (Wildman–Crippen LogP) is 3.78. The molecule has 0 N–H and O–H groups in total. The number of hydrogen-bond donors (Lipinski definition) is 0. The summed E-state index contributed by atoms with van der Waals surface area (Å²) in [6, 6.07) is 7.03. The molecule has 0 saturated heterocycles. The smallest absolute Gasteiger partial charge is 0.313 e. The van der Waals surface area contributed by atoms with Crippen molar-refractivity contribution in [2.75, 3.05) is 7.11 Å². The number of ether oxygens (including phenoxy) is 1. The van der Waals surface area contributed by atoms with Crippen molar-refractivity contribution in [2.24, 2.45) is 0 Å². The molecular formula is C15H21ClO3. The molecule has 0 aliphatic heterocycles. The van der Waals surface area contributed by atoms with Crippen LogP contribution in [0.2, 0.25) is 5.02 Å². The third-order valence-corrected chi connectivity index (χ3v) is 3.05. The van der Waals surface area contributed by atoms with Crippen LogP contribution >= 0.6 is 11.6 Å². The molecular weight excluding hydrogens is 264 g/mol. The first-order valence-corrected chi connectivity index (χ1v) is 6.62. The Morgan fingerprint density at radius 1 is 1.16 bits per heavy atom. The topological polar surface area (TPSA) is 43.4 Å². The average molecular weight is 285 g/mol. The zero-order valence-electron chi connectivity index (χ0n) is 12.1. The minimum atomic E-state index is -0.723. The summed E-state index contributed by atoms with van der Waals surface area (Å²) in [6.45, 7) is 7.56. The van der Waals surface area contributed by atoms with Gasteiger partial charge in [0.05, 0.1) is 7.11 Å². The molecule has 4 heteroatoms. The Bertz CT molecular complexity index is 422. The Hall–Kier alpha value is -1.35. The van der Waals surface area contributed by atoms with Gasteiger partial charge in [0.2, 0.25) is 0 Å². The largest absolute Gasteiger partial charge is 0.469 e. The fraction of sp³-hybridized carbons (Fsp3) is 0.467. The highest BCUT2D eigenvalue weighted by atomic mass is 35.5. The first kappa shape index (κ1) is 17.6. The van der Waals surface area contributed by atoms with Gasteiger partial charge in [-0.1, -0.05) is 37.6 Å². The van der Waals surface area contributed by atoms with Gasteiger partial charge in [0, 0.05) is 10.4 Å². The molecule has 0 heterocycles. The van der Waals surface area contributed by atoms with Gasteiger partial charge in [-0.2, -0.15) is 0 Å². The molecule has 0 atom stereocenters. The Kier molecular flexibility index (Phi) is 7.38. The highest BCUT2D eigenvalue weighted by Gasteiger charge is 2.31. The molecule has 1 rings (SSSR count). The molecule has 0 saturated carbocycles. The SMILES string of the molecule is CC.COC(=O)CC(=O)C(C)(C)c1ccc(Cl)cc1. The highest BCUT2D eigenvalue weighted by Crippen LogP contribution is 2.26. The quantitative estimate of drug-likeness (QED) is 0.624. The summed E-state index contributed by atoms with van der Waals surface area (Å²) in [6.07, 6.45) is -0.216. The van der Waals surface area contributed by atoms with E-state index in [1.54, 1.807) is 38.1 Å². The number of Topliss-reactive ketones (excluding diaryl/α,β-unsaturated/α-hetero) is 1. The van der Waals surface area contributed by atoms with Gasteiger partial charge in [0.25, 0.3) is 0 Å². The molecule has 19 heavy (non-hydrogen) atoms. The molecule has 1 aromatic rings.